The Kier molecular flexibility index (Phi) is 5.04. The molecule has 0 saturated carbocycles. The zero-order chi connectivity index (χ0) is 15.2. The average molecular weight is 288 g/mol. The molecule has 1 heterocycles. The molecule has 0 bridgehead atoms. The van der Waals surface area contributed by atoms with Crippen LogP contribution >= 0.6 is 0 Å². The van der Waals surface area contributed by atoms with Crippen molar-refractivity contribution in [3.8, 4) is 0 Å². The number of carbonyl (C=O) groups is 1. The van der Waals surface area contributed by atoms with E-state index in [-0.39, 0.29) is 0 Å². The Hall–Kier alpha value is -2.23. The molecule has 0 saturated heterocycles. The molecular formula is C17H20O4. The van der Waals surface area contributed by atoms with Gasteiger partial charge in [0.05, 0.1) is 0 Å². The van der Waals surface area contributed by atoms with Gasteiger partial charge in [-0.1, -0.05) is 29.9 Å². The largest absolute Gasteiger partial charge is 0.490 e. The Balaban J connectivity index is 1.98. The third-order valence-electron chi connectivity index (χ3n) is 3.43. The van der Waals surface area contributed by atoms with E-state index in [0.717, 1.165) is 17.9 Å². The summed E-state index contributed by atoms with van der Waals surface area (Å²) in [5.41, 5.74) is 1.91. The fourth-order valence-electron chi connectivity index (χ4n) is 2.27. The lowest BCUT2D eigenvalue weighted by Crippen LogP contribution is -2.18. The normalized spacial score (nSPS) is 22.9. The van der Waals surface area contributed by atoms with Crippen LogP contribution in [0.1, 0.15) is 20.3 Å². The first-order valence-corrected chi connectivity index (χ1v) is 6.99. The van der Waals surface area contributed by atoms with Gasteiger partial charge in [0.1, 0.15) is 19.0 Å². The summed E-state index contributed by atoms with van der Waals surface area (Å²) in [4.78, 5) is 10.5. The third-order valence-corrected chi connectivity index (χ3v) is 3.43. The second-order valence-corrected chi connectivity index (χ2v) is 5.15. The maximum Gasteiger partial charge on any atom is 0.328 e. The molecule has 1 unspecified atom stereocenters. The van der Waals surface area contributed by atoms with Crippen molar-refractivity contribution < 1.29 is 19.4 Å². The van der Waals surface area contributed by atoms with Crippen molar-refractivity contribution in [2.24, 2.45) is 5.92 Å². The van der Waals surface area contributed by atoms with Gasteiger partial charge in [0, 0.05) is 18.4 Å². The number of allylic oxidation sites excluding steroid dienone is 8. The van der Waals surface area contributed by atoms with Crippen LogP contribution < -0.4 is 0 Å². The predicted molar refractivity (Wildman–Crippen MR) is 80.5 cm³/mol. The van der Waals surface area contributed by atoms with Gasteiger partial charge in [0.2, 0.25) is 0 Å². The van der Waals surface area contributed by atoms with E-state index in [2.05, 4.69) is 13.0 Å². The molecule has 4 nitrogen and oxygen atoms in total. The molecule has 0 fully saturated rings. The van der Waals surface area contributed by atoms with Crippen LogP contribution in [0.15, 0.2) is 59.1 Å². The molecule has 0 radical (unpaired) electrons. The summed E-state index contributed by atoms with van der Waals surface area (Å²) in [7, 11) is 0. The number of ether oxygens (including phenoxy) is 2. The van der Waals surface area contributed by atoms with E-state index in [0.29, 0.717) is 24.7 Å². The number of aliphatic carboxylic acids is 1. The number of rotatable bonds is 4. The highest BCUT2D eigenvalue weighted by molar-refractivity contribution is 5.81. The number of hydrogen-bond acceptors (Lipinski definition) is 3. The molecule has 0 aromatic rings. The zero-order valence-electron chi connectivity index (χ0n) is 12.3. The first-order valence-electron chi connectivity index (χ1n) is 6.99. The second-order valence-electron chi connectivity index (χ2n) is 5.15. The summed E-state index contributed by atoms with van der Waals surface area (Å²) in [6, 6.07) is 0. The zero-order valence-corrected chi connectivity index (χ0v) is 12.3. The number of carboxylic acid groups (broad SMARTS) is 1. The Morgan fingerprint density at radius 3 is 2.86 bits per heavy atom. The molecule has 2 aliphatic rings. The van der Waals surface area contributed by atoms with Crippen molar-refractivity contribution in [1.82, 2.24) is 0 Å². The highest BCUT2D eigenvalue weighted by Crippen LogP contribution is 2.31. The summed E-state index contributed by atoms with van der Waals surface area (Å²) in [6.45, 7) is 5.05. The molecule has 112 valence electrons. The molecule has 1 N–H and O–H groups in total. The van der Waals surface area contributed by atoms with E-state index < -0.39 is 5.97 Å². The van der Waals surface area contributed by atoms with Crippen LogP contribution in [0.5, 0.6) is 0 Å². The third kappa shape index (κ3) is 4.38. The van der Waals surface area contributed by atoms with Gasteiger partial charge in [0.15, 0.2) is 5.76 Å². The minimum absolute atomic E-state index is 0.291. The SMILES string of the molecule is CC(/C=C/C=C(\C)C1C=CC2=C(C1)OCCO2)=C\C(=O)O. The molecule has 0 spiro atoms. The van der Waals surface area contributed by atoms with Gasteiger partial charge in [0.25, 0.3) is 0 Å². The second kappa shape index (κ2) is 6.97. The monoisotopic (exact) mass is 288 g/mol. The summed E-state index contributed by atoms with van der Waals surface area (Å²) < 4.78 is 11.2. The van der Waals surface area contributed by atoms with E-state index in [1.54, 1.807) is 13.0 Å². The van der Waals surface area contributed by atoms with E-state index in [4.69, 9.17) is 14.6 Å². The lowest BCUT2D eigenvalue weighted by atomic mass is 9.91. The fraction of sp³-hybridized carbons (Fsp3) is 0.353. The van der Waals surface area contributed by atoms with Crippen molar-refractivity contribution in [3.05, 3.63) is 59.1 Å². The highest BCUT2D eigenvalue weighted by atomic mass is 16.6. The quantitative estimate of drug-likeness (QED) is 0.636. The molecular weight excluding hydrogens is 268 g/mol. The van der Waals surface area contributed by atoms with E-state index in [9.17, 15) is 4.79 Å². The van der Waals surface area contributed by atoms with Crippen LogP contribution in [0, 0.1) is 5.92 Å². The molecule has 1 aliphatic heterocycles. The van der Waals surface area contributed by atoms with Crippen LogP contribution in [0.25, 0.3) is 0 Å². The van der Waals surface area contributed by atoms with Crippen LogP contribution in [0.2, 0.25) is 0 Å². The molecule has 0 amide bonds. The minimum Gasteiger partial charge on any atom is -0.490 e. The summed E-state index contributed by atoms with van der Waals surface area (Å²) >= 11 is 0. The summed E-state index contributed by atoms with van der Waals surface area (Å²) in [5, 5.41) is 8.64. The first kappa shape index (κ1) is 15.2. The topological polar surface area (TPSA) is 55.8 Å². The minimum atomic E-state index is -0.929. The van der Waals surface area contributed by atoms with E-state index in [1.807, 2.05) is 18.2 Å². The maximum atomic E-state index is 10.5. The molecule has 1 aliphatic carbocycles. The van der Waals surface area contributed by atoms with Gasteiger partial charge in [-0.05, 0) is 25.5 Å². The van der Waals surface area contributed by atoms with Gasteiger partial charge in [-0.25, -0.2) is 4.79 Å². The van der Waals surface area contributed by atoms with E-state index in [1.165, 1.54) is 11.6 Å². The van der Waals surface area contributed by atoms with Crippen LogP contribution in [-0.4, -0.2) is 24.3 Å². The van der Waals surface area contributed by atoms with Crippen molar-refractivity contribution in [3.63, 3.8) is 0 Å². The van der Waals surface area contributed by atoms with Crippen molar-refractivity contribution in [2.75, 3.05) is 13.2 Å². The first-order chi connectivity index (χ1) is 10.1. The van der Waals surface area contributed by atoms with Gasteiger partial charge < -0.3 is 14.6 Å². The summed E-state index contributed by atoms with van der Waals surface area (Å²) in [6.07, 6.45) is 11.8. The standard InChI is InChI=1S/C17H20O4/c1-12(10-17(18)19)4-3-5-13(2)14-6-7-15-16(11-14)21-9-8-20-15/h3-7,10,14H,8-9,11H2,1-2H3,(H,18,19)/b4-3+,12-10+,13-5+. The molecule has 0 aromatic heterocycles. The molecule has 21 heavy (non-hydrogen) atoms. The van der Waals surface area contributed by atoms with Gasteiger partial charge in [-0.2, -0.15) is 0 Å². The van der Waals surface area contributed by atoms with Crippen LogP contribution in [0.3, 0.4) is 0 Å². The maximum absolute atomic E-state index is 10.5. The van der Waals surface area contributed by atoms with Crippen LogP contribution in [-0.2, 0) is 14.3 Å². The van der Waals surface area contributed by atoms with Gasteiger partial charge in [-0.3, -0.25) is 0 Å². The predicted octanol–water partition coefficient (Wildman–Crippen LogP) is 3.35. The number of carboxylic acids is 1. The Morgan fingerprint density at radius 2 is 2.10 bits per heavy atom. The molecule has 0 aromatic carbocycles. The van der Waals surface area contributed by atoms with Crippen molar-refractivity contribution in [1.29, 1.82) is 0 Å². The smallest absolute Gasteiger partial charge is 0.328 e. The number of hydrogen-bond donors (Lipinski definition) is 1. The van der Waals surface area contributed by atoms with E-state index >= 15 is 0 Å². The summed E-state index contributed by atoms with van der Waals surface area (Å²) in [5.74, 6) is 1.13. The lowest BCUT2D eigenvalue weighted by Gasteiger charge is -2.26. The highest BCUT2D eigenvalue weighted by Gasteiger charge is 2.22. The molecule has 4 heteroatoms. The molecule has 2 rings (SSSR count). The fourth-order valence-corrected chi connectivity index (χ4v) is 2.27. The van der Waals surface area contributed by atoms with Crippen molar-refractivity contribution >= 4 is 5.97 Å². The molecule has 1 atom stereocenters. The average Bonchev–Trinajstić information content (AvgIpc) is 2.45. The van der Waals surface area contributed by atoms with Crippen LogP contribution in [0.4, 0.5) is 0 Å². The Morgan fingerprint density at radius 1 is 1.33 bits per heavy atom. The van der Waals surface area contributed by atoms with Gasteiger partial charge in [-0.15, -0.1) is 0 Å². The van der Waals surface area contributed by atoms with Gasteiger partial charge >= 0.3 is 5.97 Å². The van der Waals surface area contributed by atoms with Crippen molar-refractivity contribution in [2.45, 2.75) is 20.3 Å². The Bertz CT molecular complexity index is 561. The lowest BCUT2D eigenvalue weighted by molar-refractivity contribution is -0.131. The Labute approximate surface area is 124 Å².